The largest absolute Gasteiger partial charge is 0.496 e. The van der Waals surface area contributed by atoms with E-state index in [9.17, 15) is 4.39 Å². The zero-order valence-corrected chi connectivity index (χ0v) is 8.01. The van der Waals surface area contributed by atoms with Crippen LogP contribution in [0.1, 0.15) is 5.56 Å². The molecule has 1 aromatic rings. The highest BCUT2D eigenvalue weighted by Gasteiger charge is 2.00. The highest BCUT2D eigenvalue weighted by Crippen LogP contribution is 2.20. The Hall–Kier alpha value is -1.02. The van der Waals surface area contributed by atoms with Crippen molar-refractivity contribution in [3.63, 3.8) is 0 Å². The average molecular weight is 201 g/mol. The number of methoxy groups -OCH3 is 1. The fourth-order valence-electron chi connectivity index (χ4n) is 0.994. The normalized spacial score (nSPS) is 10.7. The number of halogens is 2. The maximum absolute atomic E-state index is 12.7. The van der Waals surface area contributed by atoms with E-state index in [2.05, 4.69) is 0 Å². The maximum Gasteiger partial charge on any atom is 0.128 e. The number of rotatable bonds is 3. The molecule has 0 unspecified atom stereocenters. The molecule has 0 spiro atoms. The molecule has 13 heavy (non-hydrogen) atoms. The summed E-state index contributed by atoms with van der Waals surface area (Å²) in [6, 6.07) is 4.38. The van der Waals surface area contributed by atoms with Crippen molar-refractivity contribution in [3.05, 3.63) is 35.7 Å². The molecule has 0 aromatic heterocycles. The minimum Gasteiger partial charge on any atom is -0.496 e. The van der Waals surface area contributed by atoms with Crippen LogP contribution in [-0.4, -0.2) is 13.0 Å². The third-order valence-electron chi connectivity index (χ3n) is 1.58. The molecule has 0 bridgehead atoms. The first-order valence-electron chi connectivity index (χ1n) is 3.84. The smallest absolute Gasteiger partial charge is 0.128 e. The molecule has 1 aromatic carbocycles. The Kier molecular flexibility index (Phi) is 3.77. The van der Waals surface area contributed by atoms with Crippen molar-refractivity contribution in [1.82, 2.24) is 0 Å². The molecule has 0 amide bonds. The predicted octanol–water partition coefficient (Wildman–Crippen LogP) is 3.09. The van der Waals surface area contributed by atoms with Crippen molar-refractivity contribution in [2.45, 2.75) is 0 Å². The van der Waals surface area contributed by atoms with Crippen molar-refractivity contribution in [3.8, 4) is 5.75 Å². The van der Waals surface area contributed by atoms with Crippen LogP contribution in [0.4, 0.5) is 4.39 Å². The maximum atomic E-state index is 12.7. The van der Waals surface area contributed by atoms with E-state index < -0.39 is 0 Å². The van der Waals surface area contributed by atoms with E-state index >= 15 is 0 Å². The number of hydrogen-bond donors (Lipinski definition) is 0. The molecular formula is C10H10ClFO. The van der Waals surface area contributed by atoms with E-state index in [0.717, 1.165) is 5.56 Å². The lowest BCUT2D eigenvalue weighted by atomic mass is 10.2. The van der Waals surface area contributed by atoms with Crippen molar-refractivity contribution in [1.29, 1.82) is 0 Å². The van der Waals surface area contributed by atoms with Gasteiger partial charge in [0.25, 0.3) is 0 Å². The first-order chi connectivity index (χ1) is 6.27. The monoisotopic (exact) mass is 200 g/mol. The SMILES string of the molecule is COc1cc(F)ccc1C=CCCl. The fraction of sp³-hybridized carbons (Fsp3) is 0.200. The lowest BCUT2D eigenvalue weighted by molar-refractivity contribution is 0.410. The first-order valence-corrected chi connectivity index (χ1v) is 4.37. The molecule has 0 aliphatic rings. The lowest BCUT2D eigenvalue weighted by Crippen LogP contribution is -1.87. The standard InChI is InChI=1S/C10H10ClFO/c1-13-10-7-9(12)5-4-8(10)3-2-6-11/h2-5,7H,6H2,1H3. The number of ether oxygens (including phenoxy) is 1. The van der Waals surface area contributed by atoms with Gasteiger partial charge >= 0.3 is 0 Å². The Labute approximate surface area is 81.8 Å². The Bertz CT molecular complexity index is 310. The van der Waals surface area contributed by atoms with Crippen LogP contribution in [0.15, 0.2) is 24.3 Å². The minimum absolute atomic E-state index is 0.306. The van der Waals surface area contributed by atoms with Gasteiger partial charge in [0.1, 0.15) is 11.6 Å². The van der Waals surface area contributed by atoms with E-state index in [0.29, 0.717) is 11.6 Å². The summed E-state index contributed by atoms with van der Waals surface area (Å²) in [5.41, 5.74) is 0.824. The summed E-state index contributed by atoms with van der Waals surface area (Å²) in [7, 11) is 1.51. The number of allylic oxidation sites excluding steroid dienone is 1. The average Bonchev–Trinajstić information content (AvgIpc) is 2.16. The quantitative estimate of drug-likeness (QED) is 0.682. The van der Waals surface area contributed by atoms with Gasteiger partial charge in [0.05, 0.1) is 7.11 Å². The second-order valence-corrected chi connectivity index (χ2v) is 2.75. The summed E-state index contributed by atoms with van der Waals surface area (Å²) in [5, 5.41) is 0. The highest BCUT2D eigenvalue weighted by atomic mass is 35.5. The van der Waals surface area contributed by atoms with Crippen LogP contribution >= 0.6 is 11.6 Å². The first kappa shape index (κ1) is 10.1. The van der Waals surface area contributed by atoms with Crippen LogP contribution in [0.5, 0.6) is 5.75 Å². The van der Waals surface area contributed by atoms with Crippen LogP contribution in [-0.2, 0) is 0 Å². The molecule has 0 saturated carbocycles. The van der Waals surface area contributed by atoms with Crippen molar-refractivity contribution in [2.75, 3.05) is 13.0 Å². The van der Waals surface area contributed by atoms with E-state index in [1.54, 1.807) is 18.2 Å². The number of alkyl halides is 1. The summed E-state index contributed by atoms with van der Waals surface area (Å²) in [5.74, 6) is 0.641. The zero-order valence-electron chi connectivity index (χ0n) is 7.26. The topological polar surface area (TPSA) is 9.23 Å². The molecule has 70 valence electrons. The molecule has 1 nitrogen and oxygen atoms in total. The van der Waals surface area contributed by atoms with Crippen LogP contribution in [0.3, 0.4) is 0 Å². The molecular weight excluding hydrogens is 191 g/mol. The van der Waals surface area contributed by atoms with Crippen molar-refractivity contribution >= 4 is 17.7 Å². The second-order valence-electron chi connectivity index (χ2n) is 2.44. The predicted molar refractivity (Wildman–Crippen MR) is 52.7 cm³/mol. The van der Waals surface area contributed by atoms with Crippen LogP contribution in [0.2, 0.25) is 0 Å². The van der Waals surface area contributed by atoms with E-state index in [1.807, 2.05) is 0 Å². The van der Waals surface area contributed by atoms with E-state index in [-0.39, 0.29) is 5.82 Å². The Morgan fingerprint density at radius 3 is 2.92 bits per heavy atom. The molecule has 0 saturated heterocycles. The van der Waals surface area contributed by atoms with Crippen LogP contribution in [0.25, 0.3) is 6.08 Å². The molecule has 0 fully saturated rings. The van der Waals surface area contributed by atoms with Crippen molar-refractivity contribution < 1.29 is 9.13 Å². The van der Waals surface area contributed by atoms with Gasteiger partial charge in [0.15, 0.2) is 0 Å². The van der Waals surface area contributed by atoms with Gasteiger partial charge in [-0.2, -0.15) is 0 Å². The molecule has 1 rings (SSSR count). The van der Waals surface area contributed by atoms with Gasteiger partial charge in [0.2, 0.25) is 0 Å². The molecule has 0 aliphatic heterocycles. The summed E-state index contributed by atoms with van der Waals surface area (Å²) in [6.07, 6.45) is 3.57. The van der Waals surface area contributed by atoms with Gasteiger partial charge in [0, 0.05) is 17.5 Å². The number of benzene rings is 1. The van der Waals surface area contributed by atoms with Crippen LogP contribution < -0.4 is 4.74 Å². The summed E-state index contributed by atoms with van der Waals surface area (Å²) in [4.78, 5) is 0. The number of hydrogen-bond acceptors (Lipinski definition) is 1. The Morgan fingerprint density at radius 1 is 1.54 bits per heavy atom. The lowest BCUT2D eigenvalue weighted by Gasteiger charge is -2.03. The van der Waals surface area contributed by atoms with Gasteiger partial charge < -0.3 is 4.74 Å². The molecule has 0 atom stereocenters. The summed E-state index contributed by atoms with van der Waals surface area (Å²) < 4.78 is 17.7. The third kappa shape index (κ3) is 2.74. The van der Waals surface area contributed by atoms with E-state index in [1.165, 1.54) is 19.2 Å². The van der Waals surface area contributed by atoms with Gasteiger partial charge in [-0.15, -0.1) is 11.6 Å². The van der Waals surface area contributed by atoms with Gasteiger partial charge in [-0.3, -0.25) is 0 Å². The second kappa shape index (κ2) is 4.87. The van der Waals surface area contributed by atoms with Crippen LogP contribution in [0, 0.1) is 5.82 Å². The third-order valence-corrected chi connectivity index (χ3v) is 1.76. The Balaban J connectivity index is 2.99. The molecule has 0 heterocycles. The zero-order chi connectivity index (χ0) is 9.68. The van der Waals surface area contributed by atoms with Gasteiger partial charge in [-0.1, -0.05) is 12.2 Å². The van der Waals surface area contributed by atoms with Crippen molar-refractivity contribution in [2.24, 2.45) is 0 Å². The molecule has 0 radical (unpaired) electrons. The molecule has 3 heteroatoms. The Morgan fingerprint density at radius 2 is 2.31 bits per heavy atom. The van der Waals surface area contributed by atoms with Gasteiger partial charge in [-0.05, 0) is 12.1 Å². The molecule has 0 aliphatic carbocycles. The summed E-state index contributed by atoms with van der Waals surface area (Å²) in [6.45, 7) is 0. The summed E-state index contributed by atoms with van der Waals surface area (Å²) >= 11 is 5.48. The molecule has 0 N–H and O–H groups in total. The fourth-order valence-corrected chi connectivity index (χ4v) is 1.08. The van der Waals surface area contributed by atoms with E-state index in [4.69, 9.17) is 16.3 Å². The minimum atomic E-state index is -0.306. The highest BCUT2D eigenvalue weighted by molar-refractivity contribution is 6.19. The van der Waals surface area contributed by atoms with Gasteiger partial charge in [-0.25, -0.2) is 4.39 Å².